The normalized spacial score (nSPS) is 12.4. The van der Waals surface area contributed by atoms with Crippen molar-refractivity contribution in [1.82, 2.24) is 0 Å². The molecule has 0 spiro atoms. The van der Waals surface area contributed by atoms with Gasteiger partial charge in [-0.1, -0.05) is 45.6 Å². The van der Waals surface area contributed by atoms with Crippen molar-refractivity contribution >= 4 is 0 Å². The van der Waals surface area contributed by atoms with E-state index >= 15 is 0 Å². The number of methoxy groups -OCH3 is 1. The summed E-state index contributed by atoms with van der Waals surface area (Å²) >= 11 is 0. The monoisotopic (exact) mass is 236 g/mol. The maximum absolute atomic E-state index is 9.92. The molecule has 1 N–H and O–H groups in total. The van der Waals surface area contributed by atoms with Crippen LogP contribution in [0.2, 0.25) is 0 Å². The second kappa shape index (κ2) is 7.21. The van der Waals surface area contributed by atoms with Crippen molar-refractivity contribution in [3.63, 3.8) is 0 Å². The summed E-state index contributed by atoms with van der Waals surface area (Å²) < 4.78 is 5.08. The Bertz CT molecular complexity index is 334. The van der Waals surface area contributed by atoms with E-state index in [2.05, 4.69) is 13.8 Å². The fourth-order valence-corrected chi connectivity index (χ4v) is 2.10. The van der Waals surface area contributed by atoms with Crippen LogP contribution in [0.15, 0.2) is 18.2 Å². The van der Waals surface area contributed by atoms with E-state index in [0.717, 1.165) is 12.0 Å². The number of benzene rings is 1. The zero-order valence-corrected chi connectivity index (χ0v) is 11.2. The van der Waals surface area contributed by atoms with E-state index in [-0.39, 0.29) is 0 Å². The largest absolute Gasteiger partial charge is 0.508 e. The predicted molar refractivity (Wildman–Crippen MR) is 71.8 cm³/mol. The van der Waals surface area contributed by atoms with E-state index in [1.165, 1.54) is 25.7 Å². The van der Waals surface area contributed by atoms with Crippen LogP contribution < -0.4 is 4.74 Å². The van der Waals surface area contributed by atoms with Crippen molar-refractivity contribution in [2.75, 3.05) is 7.11 Å². The topological polar surface area (TPSA) is 29.5 Å². The summed E-state index contributed by atoms with van der Waals surface area (Å²) in [4.78, 5) is 0. The Balaban J connectivity index is 2.53. The van der Waals surface area contributed by atoms with Crippen LogP contribution in [0.1, 0.15) is 57.4 Å². The molecule has 0 aliphatic carbocycles. The van der Waals surface area contributed by atoms with Crippen LogP contribution in [0.5, 0.6) is 11.5 Å². The number of phenolic OH excluding ortho intramolecular Hbond substituents is 1. The molecular weight excluding hydrogens is 212 g/mol. The summed E-state index contributed by atoms with van der Waals surface area (Å²) in [5.41, 5.74) is 1.03. The molecule has 1 atom stereocenters. The van der Waals surface area contributed by atoms with Crippen LogP contribution in [0.3, 0.4) is 0 Å². The summed E-state index contributed by atoms with van der Waals surface area (Å²) in [6, 6.07) is 5.58. The zero-order chi connectivity index (χ0) is 12.7. The highest BCUT2D eigenvalue weighted by Crippen LogP contribution is 2.32. The smallest absolute Gasteiger partial charge is 0.122 e. The quantitative estimate of drug-likeness (QED) is 0.707. The lowest BCUT2D eigenvalue weighted by molar-refractivity contribution is 0.405. The molecule has 0 heterocycles. The highest BCUT2D eigenvalue weighted by Gasteiger charge is 2.10. The van der Waals surface area contributed by atoms with E-state index in [1.807, 2.05) is 12.1 Å². The summed E-state index contributed by atoms with van der Waals surface area (Å²) in [5, 5.41) is 9.92. The highest BCUT2D eigenvalue weighted by molar-refractivity contribution is 5.41. The highest BCUT2D eigenvalue weighted by atomic mass is 16.5. The SMILES string of the molecule is CCCCCCC(C)c1ccc(OC)cc1O. The van der Waals surface area contributed by atoms with Gasteiger partial charge in [0.2, 0.25) is 0 Å². The van der Waals surface area contributed by atoms with Gasteiger partial charge in [-0.15, -0.1) is 0 Å². The molecule has 1 aromatic rings. The number of hydrogen-bond acceptors (Lipinski definition) is 2. The van der Waals surface area contributed by atoms with Gasteiger partial charge in [0.05, 0.1) is 7.11 Å². The minimum Gasteiger partial charge on any atom is -0.508 e. The summed E-state index contributed by atoms with van der Waals surface area (Å²) in [6.45, 7) is 4.40. The molecule has 1 aromatic carbocycles. The Morgan fingerprint density at radius 2 is 2.00 bits per heavy atom. The molecule has 0 saturated heterocycles. The molecule has 0 aliphatic rings. The van der Waals surface area contributed by atoms with Gasteiger partial charge in [0, 0.05) is 6.07 Å². The van der Waals surface area contributed by atoms with Crippen LogP contribution in [0.4, 0.5) is 0 Å². The Morgan fingerprint density at radius 3 is 2.59 bits per heavy atom. The van der Waals surface area contributed by atoms with E-state index in [0.29, 0.717) is 17.4 Å². The Morgan fingerprint density at radius 1 is 1.24 bits per heavy atom. The van der Waals surface area contributed by atoms with Crippen LogP contribution >= 0.6 is 0 Å². The van der Waals surface area contributed by atoms with Crippen molar-refractivity contribution in [3.8, 4) is 11.5 Å². The molecule has 17 heavy (non-hydrogen) atoms. The molecule has 1 rings (SSSR count). The van der Waals surface area contributed by atoms with Gasteiger partial charge in [-0.3, -0.25) is 0 Å². The standard InChI is InChI=1S/C15H24O2/c1-4-5-6-7-8-12(2)14-10-9-13(17-3)11-15(14)16/h9-12,16H,4-8H2,1-3H3. The number of ether oxygens (including phenoxy) is 1. The van der Waals surface area contributed by atoms with Gasteiger partial charge in [0.25, 0.3) is 0 Å². The van der Waals surface area contributed by atoms with Gasteiger partial charge in [-0.2, -0.15) is 0 Å². The maximum atomic E-state index is 9.92. The molecule has 0 saturated carbocycles. The number of hydrogen-bond donors (Lipinski definition) is 1. The molecule has 0 amide bonds. The van der Waals surface area contributed by atoms with E-state index in [4.69, 9.17) is 4.74 Å². The van der Waals surface area contributed by atoms with Crippen LogP contribution in [0.25, 0.3) is 0 Å². The minimum atomic E-state index is 0.354. The van der Waals surface area contributed by atoms with Crippen LogP contribution in [0, 0.1) is 0 Å². The first-order chi connectivity index (χ1) is 8.19. The molecule has 0 fully saturated rings. The number of unbranched alkanes of at least 4 members (excludes halogenated alkanes) is 3. The summed E-state index contributed by atoms with van der Waals surface area (Å²) in [5.74, 6) is 1.48. The van der Waals surface area contributed by atoms with E-state index in [9.17, 15) is 5.11 Å². The van der Waals surface area contributed by atoms with Crippen molar-refractivity contribution in [1.29, 1.82) is 0 Å². The number of rotatable bonds is 7. The van der Waals surface area contributed by atoms with Gasteiger partial charge < -0.3 is 9.84 Å². The third kappa shape index (κ3) is 4.29. The van der Waals surface area contributed by atoms with Gasteiger partial charge in [-0.05, 0) is 24.0 Å². The van der Waals surface area contributed by atoms with Crippen LogP contribution in [-0.2, 0) is 0 Å². The Labute approximate surface area is 105 Å². The third-order valence-corrected chi connectivity index (χ3v) is 3.26. The molecule has 0 aliphatic heterocycles. The number of phenols is 1. The van der Waals surface area contributed by atoms with Gasteiger partial charge in [0.15, 0.2) is 0 Å². The molecule has 0 radical (unpaired) electrons. The average Bonchev–Trinajstić information content (AvgIpc) is 2.34. The van der Waals surface area contributed by atoms with Crippen molar-refractivity contribution in [2.24, 2.45) is 0 Å². The first kappa shape index (κ1) is 13.9. The predicted octanol–water partition coefficient (Wildman–Crippen LogP) is 4.47. The Kier molecular flexibility index (Phi) is 5.88. The number of aromatic hydroxyl groups is 1. The molecule has 0 bridgehead atoms. The molecular formula is C15H24O2. The van der Waals surface area contributed by atoms with Crippen molar-refractivity contribution < 1.29 is 9.84 Å². The van der Waals surface area contributed by atoms with Gasteiger partial charge in [0.1, 0.15) is 11.5 Å². The summed E-state index contributed by atoms with van der Waals surface area (Å²) in [6.07, 6.45) is 6.24. The zero-order valence-electron chi connectivity index (χ0n) is 11.2. The molecule has 0 aromatic heterocycles. The average molecular weight is 236 g/mol. The fraction of sp³-hybridized carbons (Fsp3) is 0.600. The second-order valence-corrected chi connectivity index (χ2v) is 4.68. The first-order valence-electron chi connectivity index (χ1n) is 6.56. The van der Waals surface area contributed by atoms with Crippen LogP contribution in [-0.4, -0.2) is 12.2 Å². The molecule has 96 valence electrons. The van der Waals surface area contributed by atoms with Crippen molar-refractivity contribution in [2.45, 2.75) is 51.9 Å². The summed E-state index contributed by atoms with van der Waals surface area (Å²) in [7, 11) is 1.61. The third-order valence-electron chi connectivity index (χ3n) is 3.26. The minimum absolute atomic E-state index is 0.354. The fourth-order valence-electron chi connectivity index (χ4n) is 2.10. The molecule has 1 unspecified atom stereocenters. The second-order valence-electron chi connectivity index (χ2n) is 4.68. The molecule has 2 nitrogen and oxygen atoms in total. The first-order valence-corrected chi connectivity index (χ1v) is 6.56. The lowest BCUT2D eigenvalue weighted by Gasteiger charge is -2.14. The van der Waals surface area contributed by atoms with E-state index < -0.39 is 0 Å². The van der Waals surface area contributed by atoms with Crippen molar-refractivity contribution in [3.05, 3.63) is 23.8 Å². The molecule has 2 heteroatoms. The Hall–Kier alpha value is -1.18. The van der Waals surface area contributed by atoms with Gasteiger partial charge in [-0.25, -0.2) is 0 Å². The van der Waals surface area contributed by atoms with E-state index in [1.54, 1.807) is 13.2 Å². The maximum Gasteiger partial charge on any atom is 0.122 e. The van der Waals surface area contributed by atoms with Gasteiger partial charge >= 0.3 is 0 Å². The lowest BCUT2D eigenvalue weighted by Crippen LogP contribution is -1.95. The lowest BCUT2D eigenvalue weighted by atomic mass is 9.94.